The van der Waals surface area contributed by atoms with E-state index in [9.17, 15) is 4.39 Å². The van der Waals surface area contributed by atoms with Gasteiger partial charge in [0.2, 0.25) is 0 Å². The number of thiazole rings is 1. The van der Waals surface area contributed by atoms with Crippen LogP contribution in [0.25, 0.3) is 0 Å². The molecule has 4 heterocycles. The molecule has 140 valence electrons. The third-order valence-electron chi connectivity index (χ3n) is 4.54. The quantitative estimate of drug-likeness (QED) is 0.712. The molecule has 1 fully saturated rings. The van der Waals surface area contributed by atoms with Crippen LogP contribution in [0.15, 0.2) is 30.6 Å². The van der Waals surface area contributed by atoms with Crippen LogP contribution >= 0.6 is 11.3 Å². The van der Waals surface area contributed by atoms with Gasteiger partial charge in [-0.25, -0.2) is 19.3 Å². The van der Waals surface area contributed by atoms with E-state index < -0.39 is 0 Å². The summed E-state index contributed by atoms with van der Waals surface area (Å²) in [6.07, 6.45) is 5.19. The predicted octanol–water partition coefficient (Wildman–Crippen LogP) is 4.16. The fraction of sp³-hybridized carbons (Fsp3) is 0.368. The largest absolute Gasteiger partial charge is 0.316 e. The van der Waals surface area contributed by atoms with Crippen LogP contribution in [0.4, 0.5) is 15.3 Å². The number of hydrogen-bond acceptors (Lipinski definition) is 7. The maximum Gasteiger partial charge on any atom is 0.188 e. The Bertz CT molecular complexity index is 926. The normalized spacial score (nSPS) is 17.4. The van der Waals surface area contributed by atoms with Crippen LogP contribution in [0.2, 0.25) is 0 Å². The zero-order chi connectivity index (χ0) is 18.8. The maximum absolute atomic E-state index is 13.1. The highest BCUT2D eigenvalue weighted by atomic mass is 32.1. The number of rotatable bonds is 5. The number of pyridine rings is 1. The van der Waals surface area contributed by atoms with E-state index in [2.05, 4.69) is 25.2 Å². The Morgan fingerprint density at radius 2 is 2.11 bits per heavy atom. The number of halogens is 1. The minimum atomic E-state index is -0.313. The number of aromatic nitrogens is 4. The third kappa shape index (κ3) is 4.28. The average Bonchev–Trinajstić information content (AvgIpc) is 3.25. The van der Waals surface area contributed by atoms with Gasteiger partial charge in [-0.15, -0.1) is 11.3 Å². The summed E-state index contributed by atoms with van der Waals surface area (Å²) in [5.74, 6) is 1.26. The molecule has 27 heavy (non-hydrogen) atoms. The van der Waals surface area contributed by atoms with Gasteiger partial charge in [-0.2, -0.15) is 0 Å². The van der Waals surface area contributed by atoms with Crippen molar-refractivity contribution in [2.45, 2.75) is 39.3 Å². The maximum atomic E-state index is 13.1. The third-order valence-corrected chi connectivity index (χ3v) is 5.37. The summed E-state index contributed by atoms with van der Waals surface area (Å²) in [6, 6.07) is 5.25. The van der Waals surface area contributed by atoms with Gasteiger partial charge in [0, 0.05) is 29.4 Å². The first kappa shape index (κ1) is 17.9. The van der Waals surface area contributed by atoms with Gasteiger partial charge in [-0.1, -0.05) is 0 Å². The number of anilines is 2. The van der Waals surface area contributed by atoms with Gasteiger partial charge in [0.15, 0.2) is 5.13 Å². The molecule has 0 aliphatic carbocycles. The molecule has 0 amide bonds. The van der Waals surface area contributed by atoms with Gasteiger partial charge in [0.25, 0.3) is 0 Å². The van der Waals surface area contributed by atoms with Gasteiger partial charge in [0.1, 0.15) is 17.5 Å². The van der Waals surface area contributed by atoms with Crippen molar-refractivity contribution in [3.05, 3.63) is 58.5 Å². The lowest BCUT2D eigenvalue weighted by molar-refractivity contribution is 0.237. The Balaban J connectivity index is 1.54. The van der Waals surface area contributed by atoms with Crippen molar-refractivity contribution < 1.29 is 4.39 Å². The van der Waals surface area contributed by atoms with Crippen molar-refractivity contribution in [3.8, 4) is 0 Å². The highest BCUT2D eigenvalue weighted by Crippen LogP contribution is 2.32. The molecule has 0 radical (unpaired) electrons. The topological polar surface area (TPSA) is 66.8 Å². The second-order valence-corrected chi connectivity index (χ2v) is 7.98. The Labute approximate surface area is 161 Å². The summed E-state index contributed by atoms with van der Waals surface area (Å²) in [4.78, 5) is 21.4. The van der Waals surface area contributed by atoms with Crippen molar-refractivity contribution >= 4 is 22.3 Å². The van der Waals surface area contributed by atoms with Crippen molar-refractivity contribution in [2.24, 2.45) is 0 Å². The Kier molecular flexibility index (Phi) is 5.09. The first-order chi connectivity index (χ1) is 13.1. The first-order valence-corrected chi connectivity index (χ1v) is 9.78. The SMILES string of the molecule is Cc1cc(Nc2ncc(C)s2)nc(C2CCCN2Cc2ccc(F)cn2)n1. The summed E-state index contributed by atoms with van der Waals surface area (Å²) in [5.41, 5.74) is 1.77. The molecule has 4 rings (SSSR count). The van der Waals surface area contributed by atoms with Crippen LogP contribution in [0, 0.1) is 19.7 Å². The summed E-state index contributed by atoms with van der Waals surface area (Å²) < 4.78 is 13.1. The van der Waals surface area contributed by atoms with E-state index in [0.29, 0.717) is 6.54 Å². The molecule has 1 aliphatic heterocycles. The van der Waals surface area contributed by atoms with Crippen molar-refractivity contribution in [1.82, 2.24) is 24.8 Å². The van der Waals surface area contributed by atoms with Crippen molar-refractivity contribution in [3.63, 3.8) is 0 Å². The van der Waals surface area contributed by atoms with E-state index in [0.717, 1.165) is 52.4 Å². The Morgan fingerprint density at radius 1 is 1.22 bits per heavy atom. The van der Waals surface area contributed by atoms with E-state index in [1.54, 1.807) is 17.4 Å². The lowest BCUT2D eigenvalue weighted by atomic mass is 10.2. The molecule has 1 atom stereocenters. The number of nitrogens with zero attached hydrogens (tertiary/aromatic N) is 5. The standard InChI is InChI=1S/C19H21FN6S/c1-12-8-17(25-19-22-9-13(2)27-19)24-18(23-12)16-4-3-7-26(16)11-15-6-5-14(20)10-21-15/h5-6,8-10,16H,3-4,7,11H2,1-2H3,(H,22,23,24,25). The van der Waals surface area contributed by atoms with Gasteiger partial charge >= 0.3 is 0 Å². The van der Waals surface area contributed by atoms with E-state index in [1.165, 1.54) is 12.3 Å². The monoisotopic (exact) mass is 384 g/mol. The zero-order valence-electron chi connectivity index (χ0n) is 15.3. The molecule has 0 spiro atoms. The number of hydrogen-bond donors (Lipinski definition) is 1. The average molecular weight is 384 g/mol. The molecule has 0 aromatic carbocycles. The molecule has 3 aromatic rings. The molecule has 0 bridgehead atoms. The van der Waals surface area contributed by atoms with Crippen LogP contribution < -0.4 is 5.32 Å². The number of aryl methyl sites for hydroxylation is 2. The van der Waals surface area contributed by atoms with Gasteiger partial charge in [-0.05, 0) is 45.4 Å². The zero-order valence-corrected chi connectivity index (χ0v) is 16.1. The highest BCUT2D eigenvalue weighted by Gasteiger charge is 2.29. The smallest absolute Gasteiger partial charge is 0.188 e. The number of nitrogens with one attached hydrogen (secondary N) is 1. The molecule has 8 heteroatoms. The second kappa shape index (κ2) is 7.66. The summed E-state index contributed by atoms with van der Waals surface area (Å²) in [6.45, 7) is 5.62. The molecule has 1 unspecified atom stereocenters. The number of likely N-dealkylation sites (tertiary alicyclic amines) is 1. The second-order valence-electron chi connectivity index (χ2n) is 6.75. The fourth-order valence-corrected chi connectivity index (χ4v) is 4.01. The van der Waals surface area contributed by atoms with Crippen LogP contribution in [-0.4, -0.2) is 31.4 Å². The van der Waals surface area contributed by atoms with E-state index in [1.807, 2.05) is 26.1 Å². The van der Waals surface area contributed by atoms with Crippen LogP contribution in [-0.2, 0) is 6.54 Å². The molecule has 1 aliphatic rings. The molecule has 1 N–H and O–H groups in total. The molecule has 1 saturated heterocycles. The molecular formula is C19H21FN6S. The van der Waals surface area contributed by atoms with E-state index in [4.69, 9.17) is 4.98 Å². The molecule has 3 aromatic heterocycles. The van der Waals surface area contributed by atoms with Gasteiger partial charge in [-0.3, -0.25) is 9.88 Å². The van der Waals surface area contributed by atoms with Crippen LogP contribution in [0.3, 0.4) is 0 Å². The Hall–Kier alpha value is -2.45. The van der Waals surface area contributed by atoms with E-state index >= 15 is 0 Å². The van der Waals surface area contributed by atoms with E-state index in [-0.39, 0.29) is 11.9 Å². The van der Waals surface area contributed by atoms with Crippen LogP contribution in [0.1, 0.15) is 41.0 Å². The fourth-order valence-electron chi connectivity index (χ4n) is 3.34. The molecule has 6 nitrogen and oxygen atoms in total. The highest BCUT2D eigenvalue weighted by molar-refractivity contribution is 7.15. The molecule has 0 saturated carbocycles. The van der Waals surface area contributed by atoms with Gasteiger partial charge in [0.05, 0.1) is 17.9 Å². The minimum Gasteiger partial charge on any atom is -0.316 e. The lowest BCUT2D eigenvalue weighted by Crippen LogP contribution is -2.25. The summed E-state index contributed by atoms with van der Waals surface area (Å²) in [7, 11) is 0. The minimum absolute atomic E-state index is 0.135. The van der Waals surface area contributed by atoms with Gasteiger partial charge < -0.3 is 5.32 Å². The molecular weight excluding hydrogens is 363 g/mol. The van der Waals surface area contributed by atoms with Crippen molar-refractivity contribution in [2.75, 3.05) is 11.9 Å². The summed E-state index contributed by atoms with van der Waals surface area (Å²) in [5, 5.41) is 4.11. The van der Waals surface area contributed by atoms with Crippen LogP contribution in [0.5, 0.6) is 0 Å². The Morgan fingerprint density at radius 3 is 2.85 bits per heavy atom. The summed E-state index contributed by atoms with van der Waals surface area (Å²) >= 11 is 1.60. The predicted molar refractivity (Wildman–Crippen MR) is 103 cm³/mol. The van der Waals surface area contributed by atoms with Crippen molar-refractivity contribution in [1.29, 1.82) is 0 Å². The lowest BCUT2D eigenvalue weighted by Gasteiger charge is -2.23. The first-order valence-electron chi connectivity index (χ1n) is 8.96.